The number of rotatable bonds is 3. The Morgan fingerprint density at radius 3 is 2.60 bits per heavy atom. The van der Waals surface area contributed by atoms with E-state index < -0.39 is 0 Å². The molecule has 4 heteroatoms. The van der Waals surface area contributed by atoms with Crippen molar-refractivity contribution in [2.75, 3.05) is 0 Å². The van der Waals surface area contributed by atoms with Gasteiger partial charge in [-0.1, -0.05) is 0 Å². The van der Waals surface area contributed by atoms with Crippen molar-refractivity contribution in [1.82, 2.24) is 14.8 Å². The minimum Gasteiger partial charge on any atom is -0.474 e. The van der Waals surface area contributed by atoms with Crippen LogP contribution in [-0.4, -0.2) is 20.9 Å². The van der Waals surface area contributed by atoms with Crippen LogP contribution in [0.3, 0.4) is 0 Å². The van der Waals surface area contributed by atoms with Crippen LogP contribution in [0.5, 0.6) is 5.88 Å². The molecule has 15 heavy (non-hydrogen) atoms. The molecule has 0 atom stereocenters. The van der Waals surface area contributed by atoms with Gasteiger partial charge in [0.05, 0.1) is 11.8 Å². The largest absolute Gasteiger partial charge is 0.474 e. The van der Waals surface area contributed by atoms with Crippen molar-refractivity contribution >= 4 is 0 Å². The van der Waals surface area contributed by atoms with Crippen molar-refractivity contribution in [2.24, 2.45) is 0 Å². The van der Waals surface area contributed by atoms with Crippen molar-refractivity contribution in [3.63, 3.8) is 0 Å². The predicted octanol–water partition coefficient (Wildman–Crippen LogP) is 2.05. The van der Waals surface area contributed by atoms with Crippen LogP contribution in [0.4, 0.5) is 0 Å². The highest BCUT2D eigenvalue weighted by molar-refractivity contribution is 5.28. The van der Waals surface area contributed by atoms with Gasteiger partial charge in [0.25, 0.3) is 0 Å². The van der Waals surface area contributed by atoms with E-state index in [1.54, 1.807) is 17.1 Å². The fourth-order valence-corrected chi connectivity index (χ4v) is 1.25. The molecule has 0 unspecified atom stereocenters. The van der Waals surface area contributed by atoms with E-state index in [2.05, 4.69) is 10.1 Å². The molecule has 0 fully saturated rings. The van der Waals surface area contributed by atoms with Gasteiger partial charge in [-0.2, -0.15) is 0 Å². The van der Waals surface area contributed by atoms with Crippen LogP contribution in [0.15, 0.2) is 36.8 Å². The minimum absolute atomic E-state index is 0.144. The molecule has 0 spiro atoms. The van der Waals surface area contributed by atoms with Crippen LogP contribution in [-0.2, 0) is 0 Å². The fraction of sp³-hybridized carbons (Fsp3) is 0.273. The van der Waals surface area contributed by atoms with Crippen LogP contribution >= 0.6 is 0 Å². The summed E-state index contributed by atoms with van der Waals surface area (Å²) in [6.07, 6.45) is 5.48. The Morgan fingerprint density at radius 1 is 1.20 bits per heavy atom. The second kappa shape index (κ2) is 4.13. The van der Waals surface area contributed by atoms with Crippen molar-refractivity contribution in [1.29, 1.82) is 0 Å². The van der Waals surface area contributed by atoms with Gasteiger partial charge in [-0.3, -0.25) is 4.98 Å². The number of ether oxygens (including phenoxy) is 1. The average molecular weight is 203 g/mol. The van der Waals surface area contributed by atoms with Gasteiger partial charge < -0.3 is 4.74 Å². The average Bonchev–Trinajstić information content (AvgIpc) is 2.67. The molecule has 2 aromatic heterocycles. The third-order valence-corrected chi connectivity index (χ3v) is 1.85. The summed E-state index contributed by atoms with van der Waals surface area (Å²) in [6, 6.07) is 5.64. The summed E-state index contributed by atoms with van der Waals surface area (Å²) in [7, 11) is 0. The molecule has 4 nitrogen and oxygen atoms in total. The second-order valence-corrected chi connectivity index (χ2v) is 3.47. The quantitative estimate of drug-likeness (QED) is 0.766. The molecule has 0 aliphatic rings. The van der Waals surface area contributed by atoms with E-state index in [4.69, 9.17) is 4.74 Å². The van der Waals surface area contributed by atoms with Gasteiger partial charge in [-0.15, -0.1) is 5.10 Å². The molecule has 2 aromatic rings. The monoisotopic (exact) mass is 203 g/mol. The number of pyridine rings is 1. The van der Waals surface area contributed by atoms with E-state index in [0.717, 1.165) is 5.69 Å². The third kappa shape index (κ3) is 2.34. The van der Waals surface area contributed by atoms with Gasteiger partial charge in [-0.05, 0) is 26.0 Å². The van der Waals surface area contributed by atoms with E-state index in [1.807, 2.05) is 38.2 Å². The van der Waals surface area contributed by atoms with Gasteiger partial charge >= 0.3 is 0 Å². The smallest absolute Gasteiger partial charge is 0.233 e. The molecule has 0 saturated carbocycles. The summed E-state index contributed by atoms with van der Waals surface area (Å²) in [5.74, 6) is 0.641. The molecule has 0 bridgehead atoms. The molecule has 0 amide bonds. The summed E-state index contributed by atoms with van der Waals surface area (Å²) >= 11 is 0. The summed E-state index contributed by atoms with van der Waals surface area (Å²) in [5, 5.41) is 4.29. The molecule has 0 aliphatic heterocycles. The van der Waals surface area contributed by atoms with E-state index in [9.17, 15) is 0 Å². The lowest BCUT2D eigenvalue weighted by atomic mass is 10.4. The Morgan fingerprint density at radius 2 is 1.93 bits per heavy atom. The Labute approximate surface area is 88.5 Å². The maximum absolute atomic E-state index is 5.47. The van der Waals surface area contributed by atoms with Gasteiger partial charge in [0.2, 0.25) is 5.88 Å². The van der Waals surface area contributed by atoms with Crippen LogP contribution < -0.4 is 4.74 Å². The van der Waals surface area contributed by atoms with Gasteiger partial charge in [0, 0.05) is 24.7 Å². The lowest BCUT2D eigenvalue weighted by Crippen LogP contribution is -2.06. The zero-order valence-corrected chi connectivity index (χ0v) is 8.79. The maximum atomic E-state index is 5.47. The summed E-state index contributed by atoms with van der Waals surface area (Å²) in [6.45, 7) is 3.96. The van der Waals surface area contributed by atoms with E-state index in [1.165, 1.54) is 0 Å². The lowest BCUT2D eigenvalue weighted by Gasteiger charge is -2.05. The Kier molecular flexibility index (Phi) is 2.67. The molecule has 2 heterocycles. The zero-order valence-electron chi connectivity index (χ0n) is 8.79. The molecule has 0 N–H and O–H groups in total. The maximum Gasteiger partial charge on any atom is 0.233 e. The topological polar surface area (TPSA) is 39.9 Å². The van der Waals surface area contributed by atoms with Crippen LogP contribution in [0.2, 0.25) is 0 Å². The first kappa shape index (κ1) is 9.71. The highest BCUT2D eigenvalue weighted by Gasteiger charge is 2.02. The van der Waals surface area contributed by atoms with Gasteiger partial charge in [0.15, 0.2) is 0 Å². The molecule has 2 rings (SSSR count). The predicted molar refractivity (Wildman–Crippen MR) is 57.1 cm³/mol. The lowest BCUT2D eigenvalue weighted by molar-refractivity contribution is 0.231. The summed E-state index contributed by atoms with van der Waals surface area (Å²) in [5.41, 5.74) is 0.976. The summed E-state index contributed by atoms with van der Waals surface area (Å²) in [4.78, 5) is 3.95. The summed E-state index contributed by atoms with van der Waals surface area (Å²) < 4.78 is 7.23. The molecule has 0 aromatic carbocycles. The van der Waals surface area contributed by atoms with Crippen molar-refractivity contribution in [3.8, 4) is 11.6 Å². The minimum atomic E-state index is 0.144. The molecule has 78 valence electrons. The first-order valence-electron chi connectivity index (χ1n) is 4.88. The number of hydrogen-bond donors (Lipinski definition) is 0. The Bertz CT molecular complexity index is 422. The first-order valence-corrected chi connectivity index (χ1v) is 4.88. The third-order valence-electron chi connectivity index (χ3n) is 1.85. The van der Waals surface area contributed by atoms with E-state index in [0.29, 0.717) is 5.88 Å². The van der Waals surface area contributed by atoms with E-state index in [-0.39, 0.29) is 6.10 Å². The molecular formula is C11H13N3O. The Hall–Kier alpha value is -1.84. The van der Waals surface area contributed by atoms with Crippen molar-refractivity contribution < 1.29 is 4.74 Å². The van der Waals surface area contributed by atoms with Gasteiger partial charge in [0.1, 0.15) is 0 Å². The standard InChI is InChI=1S/C11H13N3O/c1-9(2)15-11-5-8-14(13-11)10-3-6-12-7-4-10/h3-9H,1-2H3. The number of hydrogen-bond acceptors (Lipinski definition) is 3. The normalized spacial score (nSPS) is 10.6. The molecule has 0 saturated heterocycles. The second-order valence-electron chi connectivity index (χ2n) is 3.47. The zero-order chi connectivity index (χ0) is 10.7. The molecule has 0 radical (unpaired) electrons. The molecule has 0 aliphatic carbocycles. The Balaban J connectivity index is 2.21. The van der Waals surface area contributed by atoms with E-state index >= 15 is 0 Å². The number of aromatic nitrogens is 3. The van der Waals surface area contributed by atoms with Crippen molar-refractivity contribution in [2.45, 2.75) is 20.0 Å². The fourth-order valence-electron chi connectivity index (χ4n) is 1.25. The molecular weight excluding hydrogens is 190 g/mol. The van der Waals surface area contributed by atoms with Crippen LogP contribution in [0, 0.1) is 0 Å². The van der Waals surface area contributed by atoms with Gasteiger partial charge in [-0.25, -0.2) is 4.68 Å². The number of nitrogens with zero attached hydrogens (tertiary/aromatic N) is 3. The van der Waals surface area contributed by atoms with Crippen molar-refractivity contribution in [3.05, 3.63) is 36.8 Å². The van der Waals surface area contributed by atoms with Crippen LogP contribution in [0.25, 0.3) is 5.69 Å². The SMILES string of the molecule is CC(C)Oc1ccn(-c2ccncc2)n1. The highest BCUT2D eigenvalue weighted by Crippen LogP contribution is 2.12. The highest BCUT2D eigenvalue weighted by atomic mass is 16.5. The first-order chi connectivity index (χ1) is 7.25. The van der Waals surface area contributed by atoms with Crippen LogP contribution in [0.1, 0.15) is 13.8 Å².